The van der Waals surface area contributed by atoms with Crippen LogP contribution < -0.4 is 5.73 Å². The van der Waals surface area contributed by atoms with Gasteiger partial charge in [0, 0.05) is 18.5 Å². The Labute approximate surface area is 121 Å². The lowest BCUT2D eigenvalue weighted by Crippen LogP contribution is -2.37. The molecule has 0 saturated heterocycles. The molecule has 0 fully saturated rings. The van der Waals surface area contributed by atoms with Crippen molar-refractivity contribution >= 4 is 11.7 Å². The van der Waals surface area contributed by atoms with Crippen molar-refractivity contribution in [2.24, 2.45) is 11.7 Å². The molecule has 0 aliphatic carbocycles. The van der Waals surface area contributed by atoms with Gasteiger partial charge in [-0.1, -0.05) is 44.2 Å². The van der Waals surface area contributed by atoms with Gasteiger partial charge in [0.05, 0.1) is 6.54 Å². The van der Waals surface area contributed by atoms with Gasteiger partial charge in [-0.05, 0) is 18.9 Å². The van der Waals surface area contributed by atoms with Crippen LogP contribution in [0.1, 0.15) is 37.0 Å². The first kappa shape index (κ1) is 16.4. The molecule has 1 aromatic rings. The predicted molar refractivity (Wildman–Crippen MR) is 80.5 cm³/mol. The van der Waals surface area contributed by atoms with E-state index in [0.29, 0.717) is 12.3 Å². The third-order valence-electron chi connectivity index (χ3n) is 2.98. The van der Waals surface area contributed by atoms with Crippen LogP contribution in [0.15, 0.2) is 30.3 Å². The smallest absolute Gasteiger partial charge is 0.231 e. The van der Waals surface area contributed by atoms with Crippen molar-refractivity contribution in [3.8, 4) is 0 Å². The zero-order valence-corrected chi connectivity index (χ0v) is 12.3. The molecule has 1 aromatic carbocycles. The number of carbonyl (C=O) groups excluding carboxylic acids is 2. The van der Waals surface area contributed by atoms with Gasteiger partial charge in [-0.25, -0.2) is 0 Å². The highest BCUT2D eigenvalue weighted by molar-refractivity contribution is 5.95. The van der Waals surface area contributed by atoms with Crippen LogP contribution in [0.5, 0.6) is 0 Å². The van der Waals surface area contributed by atoms with E-state index in [4.69, 9.17) is 5.73 Å². The van der Waals surface area contributed by atoms with E-state index in [2.05, 4.69) is 13.8 Å². The fourth-order valence-electron chi connectivity index (χ4n) is 2.20. The van der Waals surface area contributed by atoms with Crippen molar-refractivity contribution in [1.82, 2.24) is 4.90 Å². The van der Waals surface area contributed by atoms with Crippen molar-refractivity contribution in [3.63, 3.8) is 0 Å². The summed E-state index contributed by atoms with van der Waals surface area (Å²) in [4.78, 5) is 25.0. The number of hydrogen-bond acceptors (Lipinski definition) is 3. The van der Waals surface area contributed by atoms with E-state index in [1.54, 1.807) is 0 Å². The zero-order chi connectivity index (χ0) is 15.0. The lowest BCUT2D eigenvalue weighted by atomic mass is 10.1. The largest absolute Gasteiger partial charge is 0.369 e. The van der Waals surface area contributed by atoms with Gasteiger partial charge in [0.25, 0.3) is 0 Å². The van der Waals surface area contributed by atoms with Gasteiger partial charge in [-0.3, -0.25) is 14.5 Å². The highest BCUT2D eigenvalue weighted by Gasteiger charge is 2.11. The number of benzene rings is 1. The molecule has 0 heterocycles. The Hall–Kier alpha value is -1.68. The maximum absolute atomic E-state index is 12.0. The number of amides is 1. The van der Waals surface area contributed by atoms with Crippen LogP contribution in [0.4, 0.5) is 0 Å². The van der Waals surface area contributed by atoms with E-state index in [0.717, 1.165) is 25.1 Å². The van der Waals surface area contributed by atoms with Gasteiger partial charge in [-0.2, -0.15) is 0 Å². The van der Waals surface area contributed by atoms with Gasteiger partial charge in [-0.15, -0.1) is 0 Å². The number of Topliss-reactive ketones (excluding diaryl/α,β-unsaturated/α-hetero) is 1. The zero-order valence-electron chi connectivity index (χ0n) is 12.3. The topological polar surface area (TPSA) is 63.4 Å². The van der Waals surface area contributed by atoms with Gasteiger partial charge in [0.1, 0.15) is 0 Å². The number of carbonyl (C=O) groups is 2. The number of nitrogens with two attached hydrogens (primary N) is 1. The first-order valence-corrected chi connectivity index (χ1v) is 7.08. The Morgan fingerprint density at radius 1 is 1.20 bits per heavy atom. The number of primary amides is 1. The molecule has 4 nitrogen and oxygen atoms in total. The van der Waals surface area contributed by atoms with E-state index in [9.17, 15) is 9.59 Å². The van der Waals surface area contributed by atoms with Crippen LogP contribution >= 0.6 is 0 Å². The summed E-state index contributed by atoms with van der Waals surface area (Å²) in [6, 6.07) is 9.29. The third-order valence-corrected chi connectivity index (χ3v) is 2.98. The van der Waals surface area contributed by atoms with Gasteiger partial charge in [0.15, 0.2) is 5.78 Å². The Morgan fingerprint density at radius 2 is 1.85 bits per heavy atom. The maximum atomic E-state index is 12.0. The first-order chi connectivity index (χ1) is 9.49. The Morgan fingerprint density at radius 3 is 2.40 bits per heavy atom. The molecule has 0 aromatic heterocycles. The lowest BCUT2D eigenvalue weighted by molar-refractivity contribution is -0.119. The van der Waals surface area contributed by atoms with E-state index in [1.807, 2.05) is 35.2 Å². The highest BCUT2D eigenvalue weighted by Crippen LogP contribution is 2.07. The van der Waals surface area contributed by atoms with E-state index < -0.39 is 0 Å². The molecule has 0 atom stereocenters. The Bertz CT molecular complexity index is 429. The summed E-state index contributed by atoms with van der Waals surface area (Å²) in [5.41, 5.74) is 5.99. The van der Waals surface area contributed by atoms with E-state index >= 15 is 0 Å². The summed E-state index contributed by atoms with van der Waals surface area (Å²) in [5.74, 6) is 0.299. The fraction of sp³-hybridized carbons (Fsp3) is 0.500. The van der Waals surface area contributed by atoms with Crippen LogP contribution in [0.2, 0.25) is 0 Å². The normalized spacial score (nSPS) is 11.0. The molecular weight excluding hydrogens is 252 g/mol. The first-order valence-electron chi connectivity index (χ1n) is 7.08. The maximum Gasteiger partial charge on any atom is 0.231 e. The molecule has 1 rings (SSSR count). The minimum absolute atomic E-state index is 0.147. The van der Waals surface area contributed by atoms with Crippen molar-refractivity contribution < 1.29 is 9.59 Å². The fourth-order valence-corrected chi connectivity index (χ4v) is 2.20. The Kier molecular flexibility index (Phi) is 6.94. The van der Waals surface area contributed by atoms with Crippen molar-refractivity contribution in [2.75, 3.05) is 19.6 Å². The molecule has 2 N–H and O–H groups in total. The number of nitrogens with zero attached hydrogens (tertiary/aromatic N) is 1. The quantitative estimate of drug-likeness (QED) is 0.702. The third kappa shape index (κ3) is 6.48. The van der Waals surface area contributed by atoms with Crippen molar-refractivity contribution in [2.45, 2.75) is 26.7 Å². The molecule has 0 unspecified atom stereocenters. The summed E-state index contributed by atoms with van der Waals surface area (Å²) in [7, 11) is 0. The van der Waals surface area contributed by atoms with Crippen LogP contribution in [0.25, 0.3) is 0 Å². The second kappa shape index (κ2) is 8.48. The second-order valence-corrected chi connectivity index (χ2v) is 5.49. The molecule has 20 heavy (non-hydrogen) atoms. The van der Waals surface area contributed by atoms with Crippen LogP contribution in [-0.4, -0.2) is 36.2 Å². The van der Waals surface area contributed by atoms with Crippen LogP contribution in [-0.2, 0) is 4.79 Å². The number of rotatable bonds is 9. The SMILES string of the molecule is CC(C)CN(CCCC(=O)c1ccccc1)CC(N)=O. The molecule has 4 heteroatoms. The van der Waals surface area contributed by atoms with Crippen LogP contribution in [0.3, 0.4) is 0 Å². The molecule has 0 radical (unpaired) electrons. The number of ketones is 1. The molecule has 0 aliphatic heterocycles. The molecule has 1 amide bonds. The van der Waals surface area contributed by atoms with Crippen LogP contribution in [0, 0.1) is 5.92 Å². The molecular formula is C16H24N2O2. The number of hydrogen-bond donors (Lipinski definition) is 1. The molecule has 0 saturated carbocycles. The average Bonchev–Trinajstić information content (AvgIpc) is 2.38. The summed E-state index contributed by atoms with van der Waals surface area (Å²) >= 11 is 0. The minimum Gasteiger partial charge on any atom is -0.369 e. The molecule has 0 bridgehead atoms. The average molecular weight is 276 g/mol. The summed E-state index contributed by atoms with van der Waals surface area (Å²) in [5, 5.41) is 0. The molecule has 0 spiro atoms. The van der Waals surface area contributed by atoms with Crippen molar-refractivity contribution in [3.05, 3.63) is 35.9 Å². The monoisotopic (exact) mass is 276 g/mol. The Balaban J connectivity index is 2.39. The van der Waals surface area contributed by atoms with E-state index in [1.165, 1.54) is 0 Å². The second-order valence-electron chi connectivity index (χ2n) is 5.49. The standard InChI is InChI=1S/C16H24N2O2/c1-13(2)11-18(12-16(17)20)10-6-9-15(19)14-7-4-3-5-8-14/h3-5,7-8,13H,6,9-12H2,1-2H3,(H2,17,20). The molecule has 0 aliphatic rings. The minimum atomic E-state index is -0.319. The van der Waals surface area contributed by atoms with Gasteiger partial charge < -0.3 is 5.73 Å². The summed E-state index contributed by atoms with van der Waals surface area (Å²) in [6.45, 7) is 6.01. The van der Waals surface area contributed by atoms with Crippen molar-refractivity contribution in [1.29, 1.82) is 0 Å². The molecule has 110 valence electrons. The summed E-state index contributed by atoms with van der Waals surface area (Å²) in [6.07, 6.45) is 1.24. The predicted octanol–water partition coefficient (Wildman–Crippen LogP) is 2.09. The van der Waals surface area contributed by atoms with Gasteiger partial charge in [0.2, 0.25) is 5.91 Å². The lowest BCUT2D eigenvalue weighted by Gasteiger charge is -2.22. The highest BCUT2D eigenvalue weighted by atomic mass is 16.1. The van der Waals surface area contributed by atoms with E-state index in [-0.39, 0.29) is 18.2 Å². The summed E-state index contributed by atoms with van der Waals surface area (Å²) < 4.78 is 0. The van der Waals surface area contributed by atoms with Gasteiger partial charge >= 0.3 is 0 Å².